The van der Waals surface area contributed by atoms with E-state index in [1.165, 1.54) is 15.3 Å². The Morgan fingerprint density at radius 3 is 2.55 bits per heavy atom. The number of rotatable bonds is 6. The highest BCUT2D eigenvalue weighted by atomic mass is 32.1. The first-order chi connectivity index (χ1) is 10.8. The van der Waals surface area contributed by atoms with Gasteiger partial charge in [0.05, 0.1) is 13.7 Å². The molecule has 0 spiro atoms. The minimum absolute atomic E-state index is 0.782. The van der Waals surface area contributed by atoms with Gasteiger partial charge in [-0.1, -0.05) is 6.92 Å². The molecule has 0 aliphatic carbocycles. The fraction of sp³-hybridized carbons (Fsp3) is 0.353. The lowest BCUT2D eigenvalue weighted by Crippen LogP contribution is -2.36. The molecule has 1 aromatic heterocycles. The van der Waals surface area contributed by atoms with Gasteiger partial charge in [-0.05, 0) is 48.4 Å². The van der Waals surface area contributed by atoms with E-state index in [0.717, 1.165) is 31.2 Å². The summed E-state index contributed by atoms with van der Waals surface area (Å²) in [5.41, 5.74) is 1.21. The molecule has 0 saturated heterocycles. The number of ether oxygens (including phenoxy) is 1. The average Bonchev–Trinajstić information content (AvgIpc) is 3.04. The Kier molecular flexibility index (Phi) is 6.27. The lowest BCUT2D eigenvalue weighted by atomic mass is 10.2. The number of hydrogen-bond donors (Lipinski definition) is 2. The first kappa shape index (κ1) is 16.4. The molecule has 0 amide bonds. The van der Waals surface area contributed by atoms with E-state index in [2.05, 4.69) is 46.8 Å². The van der Waals surface area contributed by atoms with Crippen LogP contribution in [0, 0.1) is 0 Å². The maximum absolute atomic E-state index is 5.19. The number of methoxy groups -OCH3 is 1. The highest BCUT2D eigenvalue weighted by Crippen LogP contribution is 2.29. The van der Waals surface area contributed by atoms with E-state index >= 15 is 0 Å². The monoisotopic (exact) mass is 317 g/mol. The Morgan fingerprint density at radius 1 is 1.14 bits per heavy atom. The third-order valence-corrected chi connectivity index (χ3v) is 4.37. The number of thiophene rings is 1. The van der Waals surface area contributed by atoms with Crippen LogP contribution in [0.25, 0.3) is 10.4 Å². The van der Waals surface area contributed by atoms with E-state index in [4.69, 9.17) is 4.74 Å². The van der Waals surface area contributed by atoms with Gasteiger partial charge in [-0.15, -0.1) is 11.3 Å². The van der Waals surface area contributed by atoms with Crippen molar-refractivity contribution in [3.63, 3.8) is 0 Å². The van der Waals surface area contributed by atoms with Crippen molar-refractivity contribution in [2.45, 2.75) is 19.9 Å². The van der Waals surface area contributed by atoms with E-state index < -0.39 is 0 Å². The van der Waals surface area contributed by atoms with Crippen molar-refractivity contribution in [1.82, 2.24) is 10.6 Å². The minimum Gasteiger partial charge on any atom is -0.497 e. The zero-order valence-corrected chi connectivity index (χ0v) is 14.2. The van der Waals surface area contributed by atoms with Crippen LogP contribution in [-0.4, -0.2) is 26.7 Å². The molecule has 2 aromatic rings. The van der Waals surface area contributed by atoms with E-state index in [0.29, 0.717) is 0 Å². The summed E-state index contributed by atoms with van der Waals surface area (Å²) in [6, 6.07) is 12.5. The predicted molar refractivity (Wildman–Crippen MR) is 94.8 cm³/mol. The predicted octanol–water partition coefficient (Wildman–Crippen LogP) is 3.50. The van der Waals surface area contributed by atoms with Crippen molar-refractivity contribution < 1.29 is 4.74 Å². The fourth-order valence-corrected chi connectivity index (χ4v) is 2.97. The van der Waals surface area contributed by atoms with Gasteiger partial charge in [-0.2, -0.15) is 0 Å². The second-order valence-corrected chi connectivity index (χ2v) is 6.02. The lowest BCUT2D eigenvalue weighted by Gasteiger charge is -2.09. The molecule has 0 aliphatic rings. The molecule has 118 valence electrons. The Labute approximate surface area is 136 Å². The third kappa shape index (κ3) is 4.49. The van der Waals surface area contributed by atoms with Gasteiger partial charge in [0.1, 0.15) is 5.75 Å². The Hall–Kier alpha value is -2.01. The maximum atomic E-state index is 5.19. The molecular weight excluding hydrogens is 294 g/mol. The van der Waals surface area contributed by atoms with E-state index in [1.807, 2.05) is 12.1 Å². The fourth-order valence-electron chi connectivity index (χ4n) is 2.02. The Bertz CT molecular complexity index is 605. The van der Waals surface area contributed by atoms with Crippen LogP contribution in [0.15, 0.2) is 41.4 Å². The summed E-state index contributed by atoms with van der Waals surface area (Å²) < 4.78 is 5.19. The highest BCUT2D eigenvalue weighted by Gasteiger charge is 2.04. The number of benzene rings is 1. The molecule has 5 heteroatoms. The summed E-state index contributed by atoms with van der Waals surface area (Å²) in [7, 11) is 3.48. The molecule has 4 nitrogen and oxygen atoms in total. The average molecular weight is 317 g/mol. The minimum atomic E-state index is 0.782. The molecular formula is C17H23N3OS. The zero-order chi connectivity index (χ0) is 15.8. The summed E-state index contributed by atoms with van der Waals surface area (Å²) in [4.78, 5) is 6.75. The molecule has 2 rings (SSSR count). The normalized spacial score (nSPS) is 11.3. The molecule has 0 unspecified atom stereocenters. The first-order valence-electron chi connectivity index (χ1n) is 7.44. The SMILES string of the molecule is CCCNC(=NC)NCc1ccc(-c2ccc(OC)cc2)s1. The third-order valence-electron chi connectivity index (χ3n) is 3.23. The van der Waals surface area contributed by atoms with Crippen LogP contribution in [0.4, 0.5) is 0 Å². The number of guanidine groups is 1. The topological polar surface area (TPSA) is 45.7 Å². The highest BCUT2D eigenvalue weighted by molar-refractivity contribution is 7.15. The molecule has 1 aromatic carbocycles. The zero-order valence-electron chi connectivity index (χ0n) is 13.3. The summed E-state index contributed by atoms with van der Waals surface area (Å²) in [5, 5.41) is 6.60. The standard InChI is InChI=1S/C17H23N3OS/c1-4-11-19-17(18-2)20-12-15-9-10-16(22-15)13-5-7-14(21-3)8-6-13/h5-10H,4,11-12H2,1-3H3,(H2,18,19,20). The molecule has 0 saturated carbocycles. The summed E-state index contributed by atoms with van der Waals surface area (Å²) in [6.07, 6.45) is 1.08. The van der Waals surface area contributed by atoms with Crippen LogP contribution in [0.5, 0.6) is 5.75 Å². The van der Waals surface area contributed by atoms with Gasteiger partial charge in [0.15, 0.2) is 5.96 Å². The number of aliphatic imine (C=N–C) groups is 1. The van der Waals surface area contributed by atoms with Crippen LogP contribution >= 0.6 is 11.3 Å². The quantitative estimate of drug-likeness (QED) is 0.633. The molecule has 0 aliphatic heterocycles. The van der Waals surface area contributed by atoms with Crippen molar-refractivity contribution in [2.75, 3.05) is 20.7 Å². The summed E-state index contributed by atoms with van der Waals surface area (Å²) in [5.74, 6) is 1.73. The number of hydrogen-bond acceptors (Lipinski definition) is 3. The van der Waals surface area contributed by atoms with Crippen molar-refractivity contribution in [2.24, 2.45) is 4.99 Å². The van der Waals surface area contributed by atoms with Gasteiger partial charge in [0.2, 0.25) is 0 Å². The molecule has 0 atom stereocenters. The van der Waals surface area contributed by atoms with Crippen molar-refractivity contribution >= 4 is 17.3 Å². The van der Waals surface area contributed by atoms with Gasteiger partial charge in [-0.25, -0.2) is 0 Å². The first-order valence-corrected chi connectivity index (χ1v) is 8.26. The smallest absolute Gasteiger partial charge is 0.191 e. The van der Waals surface area contributed by atoms with Gasteiger partial charge in [-0.3, -0.25) is 4.99 Å². The van der Waals surface area contributed by atoms with Gasteiger partial charge < -0.3 is 15.4 Å². The molecule has 2 N–H and O–H groups in total. The molecule has 22 heavy (non-hydrogen) atoms. The van der Waals surface area contributed by atoms with E-state index in [1.54, 1.807) is 25.5 Å². The van der Waals surface area contributed by atoms with Gasteiger partial charge in [0, 0.05) is 23.3 Å². The van der Waals surface area contributed by atoms with Crippen LogP contribution < -0.4 is 15.4 Å². The summed E-state index contributed by atoms with van der Waals surface area (Å²) >= 11 is 1.79. The second-order valence-electron chi connectivity index (χ2n) is 4.85. The Morgan fingerprint density at radius 2 is 1.91 bits per heavy atom. The number of nitrogens with zero attached hydrogens (tertiary/aromatic N) is 1. The molecule has 0 bridgehead atoms. The Balaban J connectivity index is 1.96. The van der Waals surface area contributed by atoms with E-state index in [9.17, 15) is 0 Å². The van der Waals surface area contributed by atoms with Crippen molar-refractivity contribution in [1.29, 1.82) is 0 Å². The van der Waals surface area contributed by atoms with Crippen molar-refractivity contribution in [3.05, 3.63) is 41.3 Å². The van der Waals surface area contributed by atoms with Gasteiger partial charge >= 0.3 is 0 Å². The molecule has 0 radical (unpaired) electrons. The van der Waals surface area contributed by atoms with Crippen LogP contribution in [0.1, 0.15) is 18.2 Å². The largest absolute Gasteiger partial charge is 0.497 e. The second kappa shape index (κ2) is 8.44. The van der Waals surface area contributed by atoms with Crippen LogP contribution in [0.2, 0.25) is 0 Å². The summed E-state index contributed by atoms with van der Waals surface area (Å²) in [6.45, 7) is 3.85. The van der Waals surface area contributed by atoms with E-state index in [-0.39, 0.29) is 0 Å². The van der Waals surface area contributed by atoms with Crippen molar-refractivity contribution in [3.8, 4) is 16.2 Å². The molecule has 1 heterocycles. The molecule has 0 fully saturated rings. The maximum Gasteiger partial charge on any atom is 0.191 e. The lowest BCUT2D eigenvalue weighted by molar-refractivity contribution is 0.415. The van der Waals surface area contributed by atoms with Gasteiger partial charge in [0.25, 0.3) is 0 Å². The number of nitrogens with one attached hydrogen (secondary N) is 2. The van der Waals surface area contributed by atoms with Crippen LogP contribution in [0.3, 0.4) is 0 Å². The van der Waals surface area contributed by atoms with Crippen LogP contribution in [-0.2, 0) is 6.54 Å².